The van der Waals surface area contributed by atoms with Gasteiger partial charge >= 0.3 is 12.0 Å². The maximum absolute atomic E-state index is 12.3. The van der Waals surface area contributed by atoms with Gasteiger partial charge in [-0.05, 0) is 12.8 Å². The van der Waals surface area contributed by atoms with Gasteiger partial charge in [-0.3, -0.25) is 0 Å². The zero-order valence-electron chi connectivity index (χ0n) is 12.3. The Balaban J connectivity index is 2.63. The van der Waals surface area contributed by atoms with Crippen molar-refractivity contribution in [1.29, 1.82) is 0 Å². The van der Waals surface area contributed by atoms with Gasteiger partial charge in [0.15, 0.2) is 0 Å². The van der Waals surface area contributed by atoms with Crippen LogP contribution in [0.1, 0.15) is 20.8 Å². The normalized spacial score (nSPS) is 20.8. The van der Waals surface area contributed by atoms with Gasteiger partial charge in [0.2, 0.25) is 0 Å². The molecule has 1 heterocycles. The number of amides is 2. The van der Waals surface area contributed by atoms with E-state index < -0.39 is 12.0 Å². The zero-order chi connectivity index (χ0) is 15.1. The van der Waals surface area contributed by atoms with Crippen LogP contribution in [0.3, 0.4) is 0 Å². The van der Waals surface area contributed by atoms with Crippen LogP contribution in [0, 0.1) is 5.92 Å². The quantitative estimate of drug-likeness (QED) is 0.772. The fourth-order valence-corrected chi connectivity index (χ4v) is 2.98. The van der Waals surface area contributed by atoms with Gasteiger partial charge in [0.1, 0.15) is 6.04 Å². The lowest BCUT2D eigenvalue weighted by Gasteiger charge is -2.34. The fraction of sp³-hybridized carbons (Fsp3) is 0.846. The first-order chi connectivity index (χ1) is 9.47. The standard InChI is InChI=1S/C13H24N2O4S/c1-4-19-7-10(9(2)3)14-13(18)15-5-6-20-8-11(15)12(16)17/h9-11H,4-8H2,1-3H3,(H,14,18)(H,16,17). The maximum atomic E-state index is 12.3. The summed E-state index contributed by atoms with van der Waals surface area (Å²) in [5, 5.41) is 12.1. The molecule has 0 saturated carbocycles. The highest BCUT2D eigenvalue weighted by molar-refractivity contribution is 7.99. The van der Waals surface area contributed by atoms with Crippen LogP contribution in [0.4, 0.5) is 4.79 Å². The molecule has 1 aliphatic rings. The SMILES string of the molecule is CCOCC(NC(=O)N1CCSCC1C(=O)O)C(C)C. The van der Waals surface area contributed by atoms with Crippen molar-refractivity contribution in [3.05, 3.63) is 0 Å². The topological polar surface area (TPSA) is 78.9 Å². The monoisotopic (exact) mass is 304 g/mol. The summed E-state index contributed by atoms with van der Waals surface area (Å²) in [5.41, 5.74) is 0. The predicted octanol–water partition coefficient (Wildman–Crippen LogP) is 1.26. The second-order valence-corrected chi connectivity index (χ2v) is 6.23. The molecule has 1 aliphatic heterocycles. The summed E-state index contributed by atoms with van der Waals surface area (Å²) >= 11 is 1.56. The summed E-state index contributed by atoms with van der Waals surface area (Å²) < 4.78 is 5.37. The number of thioether (sulfide) groups is 1. The first-order valence-corrected chi connectivity index (χ1v) is 8.08. The van der Waals surface area contributed by atoms with Crippen molar-refractivity contribution < 1.29 is 19.4 Å². The Morgan fingerprint density at radius 1 is 1.50 bits per heavy atom. The Labute approximate surface area is 124 Å². The molecule has 0 aromatic carbocycles. The van der Waals surface area contributed by atoms with Gasteiger partial charge in [0.25, 0.3) is 0 Å². The largest absolute Gasteiger partial charge is 0.480 e. The number of carboxylic acid groups (broad SMARTS) is 1. The maximum Gasteiger partial charge on any atom is 0.327 e. The third kappa shape index (κ3) is 4.86. The molecule has 0 radical (unpaired) electrons. The molecule has 20 heavy (non-hydrogen) atoms. The van der Waals surface area contributed by atoms with E-state index in [1.807, 2.05) is 20.8 Å². The molecule has 1 fully saturated rings. The smallest absolute Gasteiger partial charge is 0.327 e. The fourth-order valence-electron chi connectivity index (χ4n) is 1.94. The number of ether oxygens (including phenoxy) is 1. The van der Waals surface area contributed by atoms with Crippen molar-refractivity contribution in [2.45, 2.75) is 32.9 Å². The molecule has 1 saturated heterocycles. The molecule has 1 rings (SSSR count). The number of rotatable bonds is 6. The Hall–Kier alpha value is -0.950. The number of carboxylic acids is 1. The van der Waals surface area contributed by atoms with E-state index in [1.165, 1.54) is 4.90 Å². The van der Waals surface area contributed by atoms with Gasteiger partial charge in [-0.25, -0.2) is 9.59 Å². The summed E-state index contributed by atoms with van der Waals surface area (Å²) in [6.45, 7) is 7.42. The Bertz CT molecular complexity index is 338. The minimum Gasteiger partial charge on any atom is -0.480 e. The summed E-state index contributed by atoms with van der Waals surface area (Å²) in [6, 6.07) is -1.16. The average molecular weight is 304 g/mol. The molecule has 2 N–H and O–H groups in total. The average Bonchev–Trinajstić information content (AvgIpc) is 2.42. The number of hydrogen-bond donors (Lipinski definition) is 2. The van der Waals surface area contributed by atoms with E-state index in [2.05, 4.69) is 5.32 Å². The molecular weight excluding hydrogens is 280 g/mol. The highest BCUT2D eigenvalue weighted by Gasteiger charge is 2.33. The summed E-state index contributed by atoms with van der Waals surface area (Å²) in [5.74, 6) is 0.501. The van der Waals surface area contributed by atoms with Crippen molar-refractivity contribution in [2.75, 3.05) is 31.3 Å². The number of urea groups is 1. The van der Waals surface area contributed by atoms with Crippen molar-refractivity contribution in [3.63, 3.8) is 0 Å². The summed E-state index contributed by atoms with van der Waals surface area (Å²) in [7, 11) is 0. The number of carbonyl (C=O) groups excluding carboxylic acids is 1. The van der Waals surface area contributed by atoms with E-state index in [9.17, 15) is 14.7 Å². The zero-order valence-corrected chi connectivity index (χ0v) is 13.1. The van der Waals surface area contributed by atoms with Crippen LogP contribution in [-0.2, 0) is 9.53 Å². The van der Waals surface area contributed by atoms with Gasteiger partial charge in [-0.2, -0.15) is 11.8 Å². The number of nitrogens with zero attached hydrogens (tertiary/aromatic N) is 1. The first-order valence-electron chi connectivity index (χ1n) is 6.92. The van der Waals surface area contributed by atoms with Gasteiger partial charge < -0.3 is 20.1 Å². The molecule has 0 bridgehead atoms. The summed E-state index contributed by atoms with van der Waals surface area (Å²) in [6.07, 6.45) is 0. The van der Waals surface area contributed by atoms with E-state index >= 15 is 0 Å². The number of nitrogens with one attached hydrogen (secondary N) is 1. The van der Waals surface area contributed by atoms with E-state index in [1.54, 1.807) is 11.8 Å². The van der Waals surface area contributed by atoms with Gasteiger partial charge in [-0.1, -0.05) is 13.8 Å². The molecule has 2 atom stereocenters. The highest BCUT2D eigenvalue weighted by atomic mass is 32.2. The van der Waals surface area contributed by atoms with Gasteiger partial charge in [-0.15, -0.1) is 0 Å². The van der Waals surface area contributed by atoms with Crippen LogP contribution in [0.25, 0.3) is 0 Å². The minimum atomic E-state index is -0.946. The third-order valence-electron chi connectivity index (χ3n) is 3.29. The van der Waals surface area contributed by atoms with Crippen molar-refractivity contribution in [2.24, 2.45) is 5.92 Å². The van der Waals surface area contributed by atoms with E-state index in [0.717, 1.165) is 5.75 Å². The molecule has 0 spiro atoms. The number of hydrogen-bond acceptors (Lipinski definition) is 4. The van der Waals surface area contributed by atoms with E-state index in [4.69, 9.17) is 4.74 Å². The molecular formula is C13H24N2O4S. The van der Waals surface area contributed by atoms with Gasteiger partial charge in [0.05, 0.1) is 12.6 Å². The van der Waals surface area contributed by atoms with Crippen molar-refractivity contribution in [3.8, 4) is 0 Å². The van der Waals surface area contributed by atoms with Crippen LogP contribution in [0.5, 0.6) is 0 Å². The van der Waals surface area contributed by atoms with E-state index in [-0.39, 0.29) is 18.0 Å². The lowest BCUT2D eigenvalue weighted by Crippen LogP contribution is -2.56. The summed E-state index contributed by atoms with van der Waals surface area (Å²) in [4.78, 5) is 24.9. The third-order valence-corrected chi connectivity index (χ3v) is 4.31. The van der Waals surface area contributed by atoms with E-state index in [0.29, 0.717) is 25.5 Å². The van der Waals surface area contributed by atoms with Crippen LogP contribution < -0.4 is 5.32 Å². The van der Waals surface area contributed by atoms with Crippen molar-refractivity contribution >= 4 is 23.8 Å². The van der Waals surface area contributed by atoms with Crippen LogP contribution in [0.2, 0.25) is 0 Å². The Morgan fingerprint density at radius 3 is 2.75 bits per heavy atom. The van der Waals surface area contributed by atoms with Crippen LogP contribution in [0.15, 0.2) is 0 Å². The number of carbonyl (C=O) groups is 2. The predicted molar refractivity (Wildman–Crippen MR) is 79.1 cm³/mol. The Morgan fingerprint density at radius 2 is 2.20 bits per heavy atom. The molecule has 7 heteroatoms. The molecule has 116 valence electrons. The highest BCUT2D eigenvalue weighted by Crippen LogP contribution is 2.17. The minimum absolute atomic E-state index is 0.105. The van der Waals surface area contributed by atoms with Crippen LogP contribution in [-0.4, -0.2) is 65.4 Å². The molecule has 2 unspecified atom stereocenters. The lowest BCUT2D eigenvalue weighted by atomic mass is 10.1. The van der Waals surface area contributed by atoms with Gasteiger partial charge in [0, 0.05) is 24.7 Å². The van der Waals surface area contributed by atoms with Crippen molar-refractivity contribution in [1.82, 2.24) is 10.2 Å². The second-order valence-electron chi connectivity index (χ2n) is 5.08. The Kier molecular flexibility index (Phi) is 7.15. The first kappa shape index (κ1) is 17.1. The molecule has 2 amide bonds. The van der Waals surface area contributed by atoms with Crippen LogP contribution >= 0.6 is 11.8 Å². The molecule has 0 aromatic rings. The molecule has 6 nitrogen and oxygen atoms in total. The molecule has 0 aliphatic carbocycles. The second kappa shape index (κ2) is 8.36. The molecule has 0 aromatic heterocycles. The lowest BCUT2D eigenvalue weighted by molar-refractivity contribution is -0.141. The number of aliphatic carboxylic acids is 1.